The molecule has 1 aromatic heterocycles. The van der Waals surface area contributed by atoms with Crippen LogP contribution in [0.1, 0.15) is 18.9 Å². The average molecular weight is 262 g/mol. The van der Waals surface area contributed by atoms with Crippen LogP contribution < -0.4 is 10.6 Å². The van der Waals surface area contributed by atoms with Gasteiger partial charge in [-0.2, -0.15) is 0 Å². The lowest BCUT2D eigenvalue weighted by molar-refractivity contribution is 0.648. The van der Waals surface area contributed by atoms with Crippen molar-refractivity contribution in [1.29, 1.82) is 0 Å². The van der Waals surface area contributed by atoms with Gasteiger partial charge in [-0.3, -0.25) is 9.36 Å². The molecule has 3 nitrogen and oxygen atoms in total. The lowest BCUT2D eigenvalue weighted by atomic mass is 10.1. The smallest absolute Gasteiger partial charge is 0.307 e. The van der Waals surface area contributed by atoms with Gasteiger partial charge in [0.25, 0.3) is 0 Å². The Kier molecular flexibility index (Phi) is 4.33. The molecule has 2 N–H and O–H groups in total. The van der Waals surface area contributed by atoms with Gasteiger partial charge in [0, 0.05) is 11.9 Å². The Balaban J connectivity index is 2.34. The van der Waals surface area contributed by atoms with Crippen molar-refractivity contribution in [2.45, 2.75) is 26.3 Å². The minimum absolute atomic E-state index is 0.0954. The Morgan fingerprint density at radius 1 is 1.28 bits per heavy atom. The zero-order chi connectivity index (χ0) is 13.0. The molecule has 0 aliphatic rings. The van der Waals surface area contributed by atoms with Crippen LogP contribution in [0.3, 0.4) is 0 Å². The zero-order valence-electron chi connectivity index (χ0n) is 10.6. The van der Waals surface area contributed by atoms with Crippen LogP contribution in [0.4, 0.5) is 0 Å². The fourth-order valence-corrected chi connectivity index (χ4v) is 2.72. The predicted octanol–water partition coefficient (Wildman–Crippen LogP) is 2.49. The van der Waals surface area contributed by atoms with Crippen LogP contribution in [0.5, 0.6) is 0 Å². The highest BCUT2D eigenvalue weighted by Gasteiger charge is 2.08. The molecule has 0 bridgehead atoms. The third-order valence-corrected chi connectivity index (χ3v) is 3.79. The van der Waals surface area contributed by atoms with Crippen LogP contribution in [0.15, 0.2) is 34.4 Å². The molecule has 0 unspecified atom stereocenters. The van der Waals surface area contributed by atoms with E-state index in [4.69, 9.17) is 5.73 Å². The van der Waals surface area contributed by atoms with Crippen molar-refractivity contribution in [3.05, 3.63) is 44.9 Å². The van der Waals surface area contributed by atoms with E-state index in [1.54, 1.807) is 0 Å². The first kappa shape index (κ1) is 13.1. The highest BCUT2D eigenvalue weighted by molar-refractivity contribution is 7.07. The molecule has 96 valence electrons. The first-order valence-electron chi connectivity index (χ1n) is 6.24. The molecular weight excluding hydrogens is 244 g/mol. The second-order valence-electron chi connectivity index (χ2n) is 4.23. The van der Waals surface area contributed by atoms with E-state index in [-0.39, 0.29) is 4.87 Å². The quantitative estimate of drug-likeness (QED) is 0.900. The van der Waals surface area contributed by atoms with Gasteiger partial charge in [0.05, 0.1) is 5.69 Å². The Morgan fingerprint density at radius 3 is 2.61 bits per heavy atom. The van der Waals surface area contributed by atoms with E-state index in [0.29, 0.717) is 13.1 Å². The molecule has 4 heteroatoms. The van der Waals surface area contributed by atoms with E-state index in [9.17, 15) is 4.79 Å². The van der Waals surface area contributed by atoms with Crippen LogP contribution >= 0.6 is 11.3 Å². The summed E-state index contributed by atoms with van der Waals surface area (Å²) in [5.41, 5.74) is 8.92. The highest BCUT2D eigenvalue weighted by atomic mass is 32.1. The maximum Gasteiger partial charge on any atom is 0.307 e. The van der Waals surface area contributed by atoms with Crippen LogP contribution in [-0.2, 0) is 13.0 Å². The fraction of sp³-hybridized carbons (Fsp3) is 0.357. The molecule has 1 heterocycles. The molecule has 1 aromatic carbocycles. The van der Waals surface area contributed by atoms with Gasteiger partial charge in [-0.1, -0.05) is 42.5 Å². The molecule has 0 amide bonds. The maximum atomic E-state index is 11.8. The largest absolute Gasteiger partial charge is 0.330 e. The van der Waals surface area contributed by atoms with Gasteiger partial charge in [-0.25, -0.2) is 0 Å². The summed E-state index contributed by atoms with van der Waals surface area (Å²) in [7, 11) is 0. The SMILES string of the molecule is CCc1ccc(-c2csc(=O)n2CCCN)cc1. The molecule has 0 aliphatic carbocycles. The first-order chi connectivity index (χ1) is 8.76. The van der Waals surface area contributed by atoms with Crippen LogP contribution in [0.2, 0.25) is 0 Å². The Labute approximate surface area is 111 Å². The van der Waals surface area contributed by atoms with E-state index in [0.717, 1.165) is 24.1 Å². The summed E-state index contributed by atoms with van der Waals surface area (Å²) in [4.78, 5) is 11.9. The van der Waals surface area contributed by atoms with Crippen molar-refractivity contribution in [1.82, 2.24) is 4.57 Å². The Hall–Kier alpha value is -1.39. The van der Waals surface area contributed by atoms with Crippen molar-refractivity contribution in [2.24, 2.45) is 5.73 Å². The summed E-state index contributed by atoms with van der Waals surface area (Å²) >= 11 is 1.25. The monoisotopic (exact) mass is 262 g/mol. The number of hydrogen-bond donors (Lipinski definition) is 1. The summed E-state index contributed by atoms with van der Waals surface area (Å²) in [6.45, 7) is 3.44. The van der Waals surface area contributed by atoms with Crippen molar-refractivity contribution in [2.75, 3.05) is 6.54 Å². The van der Waals surface area contributed by atoms with Crippen molar-refractivity contribution in [3.8, 4) is 11.3 Å². The van der Waals surface area contributed by atoms with E-state index in [2.05, 4.69) is 31.2 Å². The lowest BCUT2D eigenvalue weighted by Crippen LogP contribution is -2.16. The lowest BCUT2D eigenvalue weighted by Gasteiger charge is -2.07. The number of aromatic nitrogens is 1. The molecule has 0 spiro atoms. The van der Waals surface area contributed by atoms with Crippen LogP contribution in [-0.4, -0.2) is 11.1 Å². The molecule has 0 fully saturated rings. The number of nitrogens with two attached hydrogens (primary N) is 1. The number of rotatable bonds is 5. The van der Waals surface area contributed by atoms with Crippen molar-refractivity contribution >= 4 is 11.3 Å². The van der Waals surface area contributed by atoms with Gasteiger partial charge in [0.2, 0.25) is 0 Å². The summed E-state index contributed by atoms with van der Waals surface area (Å²) < 4.78 is 1.82. The summed E-state index contributed by atoms with van der Waals surface area (Å²) in [6.07, 6.45) is 1.86. The molecule has 0 radical (unpaired) electrons. The number of nitrogens with zero attached hydrogens (tertiary/aromatic N) is 1. The second kappa shape index (κ2) is 5.98. The standard InChI is InChI=1S/C14H18N2OS/c1-2-11-4-6-12(7-5-11)13-10-18-14(17)16(13)9-3-8-15/h4-7,10H,2-3,8-9,15H2,1H3. The molecule has 0 atom stereocenters. The number of aryl methyl sites for hydroxylation is 1. The molecular formula is C14H18N2OS. The van der Waals surface area contributed by atoms with E-state index in [1.165, 1.54) is 16.9 Å². The van der Waals surface area contributed by atoms with Crippen molar-refractivity contribution < 1.29 is 0 Å². The topological polar surface area (TPSA) is 48.0 Å². The van der Waals surface area contributed by atoms with Crippen LogP contribution in [0, 0.1) is 0 Å². The normalized spacial score (nSPS) is 10.8. The van der Waals surface area contributed by atoms with Gasteiger partial charge >= 0.3 is 4.87 Å². The third kappa shape index (κ3) is 2.71. The Bertz CT molecular complexity index is 554. The molecule has 2 aromatic rings. The third-order valence-electron chi connectivity index (χ3n) is 3.03. The molecule has 2 rings (SSSR count). The summed E-state index contributed by atoms with van der Waals surface area (Å²) in [5.74, 6) is 0. The molecule has 0 saturated carbocycles. The average Bonchev–Trinajstić information content (AvgIpc) is 2.78. The van der Waals surface area contributed by atoms with E-state index >= 15 is 0 Å². The van der Waals surface area contributed by atoms with Gasteiger partial charge in [0.15, 0.2) is 0 Å². The Morgan fingerprint density at radius 2 is 2.00 bits per heavy atom. The van der Waals surface area contributed by atoms with Gasteiger partial charge in [0.1, 0.15) is 0 Å². The zero-order valence-corrected chi connectivity index (χ0v) is 11.4. The van der Waals surface area contributed by atoms with Gasteiger partial charge < -0.3 is 5.73 Å². The number of hydrogen-bond acceptors (Lipinski definition) is 3. The molecule has 0 aliphatic heterocycles. The van der Waals surface area contributed by atoms with Gasteiger partial charge in [-0.15, -0.1) is 0 Å². The maximum absolute atomic E-state index is 11.8. The molecule has 0 saturated heterocycles. The highest BCUT2D eigenvalue weighted by Crippen LogP contribution is 2.21. The number of thiazole rings is 1. The van der Waals surface area contributed by atoms with Crippen LogP contribution in [0.25, 0.3) is 11.3 Å². The summed E-state index contributed by atoms with van der Waals surface area (Å²) in [6, 6.07) is 8.40. The van der Waals surface area contributed by atoms with Crippen molar-refractivity contribution in [3.63, 3.8) is 0 Å². The second-order valence-corrected chi connectivity index (χ2v) is 5.05. The van der Waals surface area contributed by atoms with Gasteiger partial charge in [-0.05, 0) is 30.5 Å². The summed E-state index contributed by atoms with van der Waals surface area (Å²) in [5, 5.41) is 1.93. The number of benzene rings is 1. The fourth-order valence-electron chi connectivity index (χ4n) is 1.93. The van der Waals surface area contributed by atoms with E-state index < -0.39 is 0 Å². The van der Waals surface area contributed by atoms with E-state index in [1.807, 2.05) is 9.95 Å². The minimum atomic E-state index is 0.0954. The first-order valence-corrected chi connectivity index (χ1v) is 7.12. The predicted molar refractivity (Wildman–Crippen MR) is 77.1 cm³/mol. The minimum Gasteiger partial charge on any atom is -0.330 e. The molecule has 18 heavy (non-hydrogen) atoms.